The van der Waals surface area contributed by atoms with Crippen LogP contribution in [0.2, 0.25) is 0 Å². The van der Waals surface area contributed by atoms with Gasteiger partial charge in [-0.3, -0.25) is 9.88 Å². The molecular weight excluding hydrogens is 466 g/mol. The molecule has 6 rings (SSSR count). The molecular formula is C29H41N5OS. The van der Waals surface area contributed by atoms with Crippen molar-refractivity contribution in [2.45, 2.75) is 62.7 Å². The Morgan fingerprint density at radius 2 is 2.08 bits per heavy atom. The van der Waals surface area contributed by atoms with E-state index < -0.39 is 0 Å². The Morgan fingerprint density at radius 3 is 2.81 bits per heavy atom. The Kier molecular flexibility index (Phi) is 7.79. The predicted molar refractivity (Wildman–Crippen MR) is 151 cm³/mol. The van der Waals surface area contributed by atoms with Crippen LogP contribution in [0.4, 0.5) is 0 Å². The zero-order valence-corrected chi connectivity index (χ0v) is 22.8. The average molecular weight is 508 g/mol. The third-order valence-corrected chi connectivity index (χ3v) is 9.09. The second-order valence-electron chi connectivity index (χ2n) is 11.0. The summed E-state index contributed by atoms with van der Waals surface area (Å²) >= 11 is 6.01. The van der Waals surface area contributed by atoms with Crippen LogP contribution >= 0.6 is 12.2 Å². The van der Waals surface area contributed by atoms with E-state index in [0.29, 0.717) is 30.0 Å². The van der Waals surface area contributed by atoms with Gasteiger partial charge in [-0.2, -0.15) is 0 Å². The molecule has 4 heterocycles. The van der Waals surface area contributed by atoms with Gasteiger partial charge in [0.2, 0.25) is 0 Å². The summed E-state index contributed by atoms with van der Waals surface area (Å²) in [5.74, 6) is 2.12. The number of nitrogens with one attached hydrogen (secondary N) is 2. The Morgan fingerprint density at radius 1 is 1.25 bits per heavy atom. The number of thiocarbonyl (C=S) groups is 1. The fourth-order valence-electron chi connectivity index (χ4n) is 6.90. The van der Waals surface area contributed by atoms with Gasteiger partial charge in [-0.25, -0.2) is 0 Å². The smallest absolute Gasteiger partial charge is 0.167 e. The summed E-state index contributed by atoms with van der Waals surface area (Å²) < 4.78 is 5.58. The van der Waals surface area contributed by atoms with Gasteiger partial charge in [-0.05, 0) is 100 Å². The number of fused-ring (bicyclic) bond motifs is 4. The maximum absolute atomic E-state index is 6.01. The molecule has 6 nitrogen and oxygen atoms in total. The van der Waals surface area contributed by atoms with Crippen LogP contribution in [-0.4, -0.2) is 72.3 Å². The van der Waals surface area contributed by atoms with Gasteiger partial charge < -0.3 is 20.3 Å². The van der Waals surface area contributed by atoms with Gasteiger partial charge in [0, 0.05) is 36.3 Å². The van der Waals surface area contributed by atoms with Crippen LogP contribution < -0.4 is 15.4 Å². The Balaban J connectivity index is 1.46. The lowest BCUT2D eigenvalue weighted by Crippen LogP contribution is -2.59. The minimum absolute atomic E-state index is 0.0672. The normalized spacial score (nSPS) is 30.7. The van der Waals surface area contributed by atoms with Crippen LogP contribution in [-0.2, 0) is 0 Å². The molecule has 194 valence electrons. The Bertz CT molecular complexity index is 1090. The average Bonchev–Trinajstić information content (AvgIpc) is 2.91. The number of ether oxygens (including phenoxy) is 1. The molecule has 7 atom stereocenters. The van der Waals surface area contributed by atoms with Gasteiger partial charge in [0.1, 0.15) is 5.75 Å². The molecule has 1 aromatic heterocycles. The molecule has 7 heteroatoms. The zero-order chi connectivity index (χ0) is 25.2. The maximum atomic E-state index is 6.01. The summed E-state index contributed by atoms with van der Waals surface area (Å²) in [6, 6.07) is 9.64. The van der Waals surface area contributed by atoms with E-state index in [1.54, 1.807) is 7.11 Å². The Hall–Kier alpha value is -2.22. The van der Waals surface area contributed by atoms with Crippen molar-refractivity contribution in [3.8, 4) is 5.75 Å². The third-order valence-electron chi connectivity index (χ3n) is 8.85. The predicted octanol–water partition coefficient (Wildman–Crippen LogP) is 4.52. The molecule has 2 bridgehead atoms. The van der Waals surface area contributed by atoms with Crippen molar-refractivity contribution in [1.29, 1.82) is 0 Å². The number of rotatable bonds is 7. The minimum Gasteiger partial charge on any atom is -0.497 e. The molecule has 4 fully saturated rings. The quantitative estimate of drug-likeness (QED) is 0.422. The summed E-state index contributed by atoms with van der Waals surface area (Å²) in [5.41, 5.74) is 2.22. The number of hydrogen-bond acceptors (Lipinski definition) is 5. The summed E-state index contributed by atoms with van der Waals surface area (Å²) in [7, 11) is 6.09. The second-order valence-corrected chi connectivity index (χ2v) is 11.5. The van der Waals surface area contributed by atoms with Crippen LogP contribution in [0.1, 0.15) is 50.1 Å². The highest BCUT2D eigenvalue weighted by molar-refractivity contribution is 7.80. The molecule has 2 aromatic rings. The van der Waals surface area contributed by atoms with Crippen molar-refractivity contribution in [3.63, 3.8) is 0 Å². The van der Waals surface area contributed by atoms with E-state index in [1.807, 2.05) is 12.3 Å². The number of benzene rings is 1. The van der Waals surface area contributed by atoms with Crippen LogP contribution in [0.3, 0.4) is 0 Å². The standard InChI is InChI=1S/C29H41N5OS/c1-5-19-18-34-15-13-20(19)16-27(34)28(22-12-14-30-24-11-10-21(35-4)17-23(22)24)32-29(36)31-25-8-6-7-9-26(25)33(2)3/h5,10-12,14,17,19-20,25-28H,1,6-9,13,15-16,18H2,2-4H3,(H2,31,32,36)/t19-,20-,25+,26+,27-,28-/m0/s1. The highest BCUT2D eigenvalue weighted by Gasteiger charge is 2.43. The summed E-state index contributed by atoms with van der Waals surface area (Å²) in [5, 5.41) is 9.44. The van der Waals surface area contributed by atoms with E-state index in [1.165, 1.54) is 31.2 Å². The maximum Gasteiger partial charge on any atom is 0.167 e. The molecule has 1 saturated carbocycles. The lowest BCUT2D eigenvalue weighted by molar-refractivity contribution is 0.00423. The first-order chi connectivity index (χ1) is 17.5. The van der Waals surface area contributed by atoms with Crippen molar-refractivity contribution < 1.29 is 4.74 Å². The molecule has 0 spiro atoms. The lowest BCUT2D eigenvalue weighted by atomic mass is 9.73. The van der Waals surface area contributed by atoms with Crippen LogP contribution in [0.5, 0.6) is 5.75 Å². The molecule has 3 aliphatic heterocycles. The van der Waals surface area contributed by atoms with Gasteiger partial charge in [0.15, 0.2) is 5.11 Å². The van der Waals surface area contributed by atoms with E-state index >= 15 is 0 Å². The summed E-state index contributed by atoms with van der Waals surface area (Å²) in [4.78, 5) is 9.66. The van der Waals surface area contributed by atoms with Crippen molar-refractivity contribution in [2.24, 2.45) is 11.8 Å². The highest BCUT2D eigenvalue weighted by Crippen LogP contribution is 2.42. The van der Waals surface area contributed by atoms with E-state index in [4.69, 9.17) is 17.0 Å². The van der Waals surface area contributed by atoms with Crippen molar-refractivity contribution >= 4 is 28.2 Å². The molecule has 3 saturated heterocycles. The van der Waals surface area contributed by atoms with Gasteiger partial charge >= 0.3 is 0 Å². The van der Waals surface area contributed by atoms with Gasteiger partial charge in [0.05, 0.1) is 18.7 Å². The van der Waals surface area contributed by atoms with Crippen LogP contribution in [0.25, 0.3) is 10.9 Å². The second kappa shape index (κ2) is 11.0. The largest absolute Gasteiger partial charge is 0.497 e. The molecule has 0 amide bonds. The van der Waals surface area contributed by atoms with E-state index in [-0.39, 0.29) is 6.04 Å². The minimum atomic E-state index is 0.0672. The number of piperidine rings is 3. The van der Waals surface area contributed by atoms with E-state index in [0.717, 1.165) is 47.7 Å². The number of methoxy groups -OCH3 is 1. The third kappa shape index (κ3) is 5.11. The molecule has 0 radical (unpaired) electrons. The van der Waals surface area contributed by atoms with Crippen molar-refractivity contribution in [1.82, 2.24) is 25.4 Å². The molecule has 1 unspecified atom stereocenters. The zero-order valence-electron chi connectivity index (χ0n) is 22.0. The number of aromatic nitrogens is 1. The number of likely N-dealkylation sites (N-methyl/N-ethyl adjacent to an activating group) is 1. The van der Waals surface area contributed by atoms with Crippen molar-refractivity contribution in [3.05, 3.63) is 48.7 Å². The first-order valence-corrected chi connectivity index (χ1v) is 13.9. The fraction of sp³-hybridized carbons (Fsp3) is 0.586. The van der Waals surface area contributed by atoms with Crippen LogP contribution in [0, 0.1) is 11.8 Å². The summed E-state index contributed by atoms with van der Waals surface area (Å²) in [6.07, 6.45) is 11.4. The van der Waals surface area contributed by atoms with Gasteiger partial charge in [0.25, 0.3) is 0 Å². The monoisotopic (exact) mass is 507 g/mol. The van der Waals surface area contributed by atoms with Gasteiger partial charge in [-0.1, -0.05) is 18.9 Å². The number of nitrogens with zero attached hydrogens (tertiary/aromatic N) is 3. The molecule has 1 aliphatic carbocycles. The highest BCUT2D eigenvalue weighted by atomic mass is 32.1. The Labute approximate surface area is 221 Å². The lowest BCUT2D eigenvalue weighted by Gasteiger charge is -2.52. The SMILES string of the molecule is C=C[C@H]1CN2CC[C@H]1C[C@H]2[C@@H](NC(=S)N[C@@H]1CCCC[C@H]1N(C)C)c1ccnc2ccc(OC)cc12. The van der Waals surface area contributed by atoms with Crippen LogP contribution in [0.15, 0.2) is 43.1 Å². The summed E-state index contributed by atoms with van der Waals surface area (Å²) in [6.45, 7) is 6.34. The molecule has 36 heavy (non-hydrogen) atoms. The number of pyridine rings is 1. The fourth-order valence-corrected chi connectivity index (χ4v) is 7.18. The first-order valence-electron chi connectivity index (χ1n) is 13.5. The topological polar surface area (TPSA) is 52.7 Å². The molecule has 1 aromatic carbocycles. The van der Waals surface area contributed by atoms with E-state index in [2.05, 4.69) is 70.4 Å². The molecule has 4 aliphatic rings. The first kappa shape index (κ1) is 25.4. The number of hydrogen-bond donors (Lipinski definition) is 2. The van der Waals surface area contributed by atoms with E-state index in [9.17, 15) is 0 Å². The van der Waals surface area contributed by atoms with Crippen molar-refractivity contribution in [2.75, 3.05) is 34.3 Å². The van der Waals surface area contributed by atoms with Gasteiger partial charge in [-0.15, -0.1) is 6.58 Å². The molecule has 2 N–H and O–H groups in total.